The summed E-state index contributed by atoms with van der Waals surface area (Å²) < 4.78 is 0. The van der Waals surface area contributed by atoms with Crippen molar-refractivity contribution in [3.63, 3.8) is 0 Å². The molecule has 3 nitrogen and oxygen atoms in total. The number of carbonyl (C=O) groups is 1. The second kappa shape index (κ2) is 5.06. The first-order valence-corrected chi connectivity index (χ1v) is 5.79. The molecule has 1 N–H and O–H groups in total. The Labute approximate surface area is 100 Å². The average Bonchev–Trinajstić information content (AvgIpc) is 2.37. The minimum absolute atomic E-state index is 0.240. The van der Waals surface area contributed by atoms with Crippen LogP contribution in [0.5, 0.6) is 0 Å². The highest BCUT2D eigenvalue weighted by Gasteiger charge is 2.18. The molecule has 0 amide bonds. The number of hydrogen-bond acceptors (Lipinski definition) is 3. The minimum Gasteiger partial charge on any atom is -0.385 e. The summed E-state index contributed by atoms with van der Waals surface area (Å²) in [5.74, 6) is -0.240. The normalized spacial score (nSPS) is 12.6. The monoisotopic (exact) mass is 229 g/mol. The van der Waals surface area contributed by atoms with Crippen LogP contribution in [-0.4, -0.2) is 22.0 Å². The molecule has 1 aromatic carbocycles. The van der Waals surface area contributed by atoms with Gasteiger partial charge in [-0.15, -0.1) is 0 Å². The lowest BCUT2D eigenvalue weighted by Gasteiger charge is -2.09. The first-order chi connectivity index (χ1) is 8.24. The van der Waals surface area contributed by atoms with Gasteiger partial charge in [-0.1, -0.05) is 37.6 Å². The quantitative estimate of drug-likeness (QED) is 0.820. The molecular weight excluding hydrogens is 214 g/mol. The van der Waals surface area contributed by atoms with Crippen LogP contribution >= 0.6 is 0 Å². The van der Waals surface area contributed by atoms with Crippen molar-refractivity contribution in [3.8, 4) is 0 Å². The van der Waals surface area contributed by atoms with Crippen molar-refractivity contribution >= 4 is 16.6 Å². The number of benzene rings is 1. The summed E-state index contributed by atoms with van der Waals surface area (Å²) in [4.78, 5) is 16.1. The van der Waals surface area contributed by atoms with Gasteiger partial charge in [-0.25, -0.2) is 0 Å². The first-order valence-electron chi connectivity index (χ1n) is 5.79. The molecule has 17 heavy (non-hydrogen) atoms. The van der Waals surface area contributed by atoms with Crippen LogP contribution < -0.4 is 0 Å². The summed E-state index contributed by atoms with van der Waals surface area (Å²) in [5.41, 5.74) is 0.504. The maximum Gasteiger partial charge on any atom is 0.193 e. The van der Waals surface area contributed by atoms with Gasteiger partial charge in [0.05, 0.1) is 0 Å². The first kappa shape index (κ1) is 11.7. The Hall–Kier alpha value is -1.74. The third kappa shape index (κ3) is 2.34. The van der Waals surface area contributed by atoms with Crippen LogP contribution in [0.3, 0.4) is 0 Å². The Kier molecular flexibility index (Phi) is 3.49. The molecule has 2 rings (SSSR count). The molecule has 0 spiro atoms. The average molecular weight is 229 g/mol. The van der Waals surface area contributed by atoms with E-state index < -0.39 is 6.10 Å². The van der Waals surface area contributed by atoms with Crippen molar-refractivity contribution in [2.45, 2.75) is 25.9 Å². The van der Waals surface area contributed by atoms with E-state index in [0.29, 0.717) is 12.0 Å². The van der Waals surface area contributed by atoms with Crippen LogP contribution in [0.2, 0.25) is 0 Å². The number of aliphatic hydroxyl groups is 1. The predicted octanol–water partition coefficient (Wildman–Crippen LogP) is 2.58. The molecule has 1 unspecified atom stereocenters. The SMILES string of the molecule is CCCC(O)C(=O)c1cncc2ccccc12. The van der Waals surface area contributed by atoms with E-state index in [-0.39, 0.29) is 5.78 Å². The van der Waals surface area contributed by atoms with Crippen LogP contribution in [-0.2, 0) is 0 Å². The molecule has 0 fully saturated rings. The van der Waals surface area contributed by atoms with E-state index >= 15 is 0 Å². The lowest BCUT2D eigenvalue weighted by atomic mass is 9.99. The molecule has 0 aliphatic heterocycles. The number of hydrogen-bond donors (Lipinski definition) is 1. The number of fused-ring (bicyclic) bond motifs is 1. The highest BCUT2D eigenvalue weighted by Crippen LogP contribution is 2.19. The fourth-order valence-electron chi connectivity index (χ4n) is 1.90. The summed E-state index contributed by atoms with van der Waals surface area (Å²) in [5, 5.41) is 11.5. The van der Waals surface area contributed by atoms with Crippen LogP contribution in [0.15, 0.2) is 36.7 Å². The largest absolute Gasteiger partial charge is 0.385 e. The van der Waals surface area contributed by atoms with E-state index in [0.717, 1.165) is 17.2 Å². The van der Waals surface area contributed by atoms with E-state index in [9.17, 15) is 9.90 Å². The minimum atomic E-state index is -0.924. The zero-order chi connectivity index (χ0) is 12.3. The van der Waals surface area contributed by atoms with Crippen molar-refractivity contribution in [2.24, 2.45) is 0 Å². The number of aromatic nitrogens is 1. The summed E-state index contributed by atoms with van der Waals surface area (Å²) >= 11 is 0. The zero-order valence-electron chi connectivity index (χ0n) is 9.76. The maximum atomic E-state index is 12.1. The molecule has 0 aliphatic carbocycles. The fourth-order valence-corrected chi connectivity index (χ4v) is 1.90. The molecule has 2 aromatic rings. The number of aliphatic hydroxyl groups excluding tert-OH is 1. The molecule has 0 saturated heterocycles. The molecule has 0 aliphatic rings. The lowest BCUT2D eigenvalue weighted by molar-refractivity contribution is 0.0731. The molecule has 3 heteroatoms. The summed E-state index contributed by atoms with van der Waals surface area (Å²) in [6.07, 6.45) is 3.60. The Morgan fingerprint density at radius 3 is 2.88 bits per heavy atom. The number of nitrogens with zero attached hydrogens (tertiary/aromatic N) is 1. The Morgan fingerprint density at radius 2 is 2.12 bits per heavy atom. The van der Waals surface area contributed by atoms with Gasteiger partial charge in [0, 0.05) is 23.3 Å². The van der Waals surface area contributed by atoms with E-state index in [1.807, 2.05) is 31.2 Å². The fraction of sp³-hybridized carbons (Fsp3) is 0.286. The highest BCUT2D eigenvalue weighted by molar-refractivity contribution is 6.09. The van der Waals surface area contributed by atoms with Crippen LogP contribution in [0, 0.1) is 0 Å². The maximum absolute atomic E-state index is 12.1. The zero-order valence-corrected chi connectivity index (χ0v) is 9.76. The van der Waals surface area contributed by atoms with Crippen LogP contribution in [0.4, 0.5) is 0 Å². The van der Waals surface area contributed by atoms with E-state index in [1.54, 1.807) is 6.20 Å². The van der Waals surface area contributed by atoms with E-state index in [1.165, 1.54) is 6.20 Å². The lowest BCUT2D eigenvalue weighted by Crippen LogP contribution is -2.20. The predicted molar refractivity (Wildman–Crippen MR) is 67.0 cm³/mol. The molecule has 0 bridgehead atoms. The Balaban J connectivity index is 2.45. The molecule has 1 atom stereocenters. The van der Waals surface area contributed by atoms with Gasteiger partial charge >= 0.3 is 0 Å². The van der Waals surface area contributed by atoms with Gasteiger partial charge in [0.15, 0.2) is 5.78 Å². The van der Waals surface area contributed by atoms with Crippen molar-refractivity contribution in [2.75, 3.05) is 0 Å². The number of Topliss-reactive ketones (excluding diaryl/α,β-unsaturated/α-hetero) is 1. The Bertz CT molecular complexity index is 531. The molecule has 1 aromatic heterocycles. The molecule has 0 radical (unpaired) electrons. The molecule has 88 valence electrons. The van der Waals surface area contributed by atoms with Gasteiger partial charge < -0.3 is 5.11 Å². The molecule has 0 saturated carbocycles. The molecular formula is C14H15NO2. The smallest absolute Gasteiger partial charge is 0.193 e. The second-order valence-electron chi connectivity index (χ2n) is 4.08. The van der Waals surface area contributed by atoms with Crippen molar-refractivity contribution < 1.29 is 9.90 Å². The standard InChI is InChI=1S/C14H15NO2/c1-2-5-13(16)14(17)12-9-15-8-10-6-3-4-7-11(10)12/h3-4,6-9,13,16H,2,5H2,1H3. The van der Waals surface area contributed by atoms with Gasteiger partial charge in [0.2, 0.25) is 0 Å². The van der Waals surface area contributed by atoms with Gasteiger partial charge in [-0.2, -0.15) is 0 Å². The number of carbonyl (C=O) groups excluding carboxylic acids is 1. The van der Waals surface area contributed by atoms with Crippen LogP contribution in [0.25, 0.3) is 10.8 Å². The van der Waals surface area contributed by atoms with Gasteiger partial charge in [0.25, 0.3) is 0 Å². The topological polar surface area (TPSA) is 50.2 Å². The van der Waals surface area contributed by atoms with Crippen molar-refractivity contribution in [3.05, 3.63) is 42.2 Å². The number of pyridine rings is 1. The van der Waals surface area contributed by atoms with Gasteiger partial charge in [-0.3, -0.25) is 9.78 Å². The summed E-state index contributed by atoms with van der Waals surface area (Å²) in [7, 11) is 0. The van der Waals surface area contributed by atoms with Crippen LogP contribution in [0.1, 0.15) is 30.1 Å². The number of rotatable bonds is 4. The van der Waals surface area contributed by atoms with Crippen molar-refractivity contribution in [1.29, 1.82) is 0 Å². The third-order valence-corrected chi connectivity index (χ3v) is 2.80. The van der Waals surface area contributed by atoms with E-state index in [2.05, 4.69) is 4.98 Å². The van der Waals surface area contributed by atoms with Gasteiger partial charge in [-0.05, 0) is 11.8 Å². The summed E-state index contributed by atoms with van der Waals surface area (Å²) in [6.45, 7) is 1.94. The summed E-state index contributed by atoms with van der Waals surface area (Å²) in [6, 6.07) is 7.57. The van der Waals surface area contributed by atoms with Gasteiger partial charge in [0.1, 0.15) is 6.10 Å². The van der Waals surface area contributed by atoms with E-state index in [4.69, 9.17) is 0 Å². The molecule has 1 heterocycles. The number of ketones is 1. The Morgan fingerprint density at radius 1 is 1.35 bits per heavy atom. The second-order valence-corrected chi connectivity index (χ2v) is 4.08. The highest BCUT2D eigenvalue weighted by atomic mass is 16.3. The third-order valence-electron chi connectivity index (χ3n) is 2.80. The van der Waals surface area contributed by atoms with Crippen molar-refractivity contribution in [1.82, 2.24) is 4.98 Å².